The molecular weight excluding hydrogens is 272 g/mol. The third-order valence-corrected chi connectivity index (χ3v) is 4.90. The van der Waals surface area contributed by atoms with Crippen LogP contribution in [0, 0.1) is 0 Å². The zero-order valence-corrected chi connectivity index (χ0v) is 12.1. The first-order valence-corrected chi connectivity index (χ1v) is 8.17. The predicted octanol–water partition coefficient (Wildman–Crippen LogP) is 1.90. The minimum Gasteiger partial charge on any atom is -0.265 e. The number of alkyl halides is 1. The molecular formula is C12H19ClN2O2S. The van der Waals surface area contributed by atoms with E-state index in [9.17, 15) is 8.42 Å². The topological polar surface area (TPSA) is 50.3 Å². The summed E-state index contributed by atoms with van der Waals surface area (Å²) in [5.41, 5.74) is 0.988. The summed E-state index contributed by atoms with van der Waals surface area (Å²) in [5, 5.41) is 0. The van der Waals surface area contributed by atoms with E-state index in [0.717, 1.165) is 5.56 Å². The van der Waals surface area contributed by atoms with Crippen molar-refractivity contribution in [2.24, 2.45) is 0 Å². The van der Waals surface area contributed by atoms with Gasteiger partial charge in [0.15, 0.2) is 0 Å². The van der Waals surface area contributed by atoms with Crippen LogP contribution >= 0.6 is 11.6 Å². The van der Waals surface area contributed by atoms with E-state index >= 15 is 0 Å². The van der Waals surface area contributed by atoms with E-state index in [2.05, 4.69) is 4.98 Å². The Morgan fingerprint density at radius 1 is 1.33 bits per heavy atom. The molecule has 0 saturated heterocycles. The van der Waals surface area contributed by atoms with Crippen molar-refractivity contribution in [2.45, 2.75) is 19.8 Å². The van der Waals surface area contributed by atoms with Gasteiger partial charge in [-0.2, -0.15) is 0 Å². The number of hydrogen-bond acceptors (Lipinski definition) is 3. The molecule has 0 N–H and O–H groups in total. The molecule has 0 radical (unpaired) electrons. The van der Waals surface area contributed by atoms with Gasteiger partial charge in [0.1, 0.15) is 0 Å². The van der Waals surface area contributed by atoms with Gasteiger partial charge in [0.2, 0.25) is 10.0 Å². The lowest BCUT2D eigenvalue weighted by atomic mass is 10.2. The molecule has 18 heavy (non-hydrogen) atoms. The molecule has 0 aliphatic rings. The Bertz CT molecular complexity index is 437. The minimum absolute atomic E-state index is 0.132. The molecule has 1 aromatic rings. The van der Waals surface area contributed by atoms with E-state index in [1.54, 1.807) is 12.4 Å². The molecule has 0 amide bonds. The van der Waals surface area contributed by atoms with Crippen LogP contribution in [-0.4, -0.2) is 42.4 Å². The summed E-state index contributed by atoms with van der Waals surface area (Å²) in [7, 11) is -3.19. The molecule has 1 heterocycles. The lowest BCUT2D eigenvalue weighted by Gasteiger charge is -2.19. The first-order valence-electron chi connectivity index (χ1n) is 6.03. The molecule has 0 bridgehead atoms. The van der Waals surface area contributed by atoms with Crippen LogP contribution in [0.1, 0.15) is 18.9 Å². The van der Waals surface area contributed by atoms with Crippen molar-refractivity contribution in [1.82, 2.24) is 9.29 Å². The van der Waals surface area contributed by atoms with Crippen molar-refractivity contribution in [3.05, 3.63) is 30.1 Å². The smallest absolute Gasteiger partial charge is 0.214 e. The van der Waals surface area contributed by atoms with E-state index < -0.39 is 10.0 Å². The van der Waals surface area contributed by atoms with Crippen LogP contribution in [0.4, 0.5) is 0 Å². The molecule has 102 valence electrons. The van der Waals surface area contributed by atoms with Gasteiger partial charge in [-0.25, -0.2) is 12.7 Å². The first-order chi connectivity index (χ1) is 8.60. The lowest BCUT2D eigenvalue weighted by Crippen LogP contribution is -2.34. The van der Waals surface area contributed by atoms with Gasteiger partial charge in [-0.05, 0) is 30.5 Å². The molecule has 0 aliphatic heterocycles. The minimum atomic E-state index is -3.19. The number of pyridine rings is 1. The Labute approximate surface area is 114 Å². The van der Waals surface area contributed by atoms with Crippen LogP contribution in [0.2, 0.25) is 0 Å². The van der Waals surface area contributed by atoms with Crippen LogP contribution in [0.15, 0.2) is 24.5 Å². The number of aromatic nitrogens is 1. The SMILES string of the molecule is CCN(CCCCl)S(=O)(=O)CCc1ccncc1. The van der Waals surface area contributed by atoms with E-state index in [1.807, 2.05) is 19.1 Å². The van der Waals surface area contributed by atoms with Crippen LogP contribution in [0.5, 0.6) is 0 Å². The van der Waals surface area contributed by atoms with Crippen molar-refractivity contribution in [1.29, 1.82) is 0 Å². The molecule has 1 rings (SSSR count). The molecule has 0 unspecified atom stereocenters. The molecule has 0 aliphatic carbocycles. The number of hydrogen-bond donors (Lipinski definition) is 0. The third kappa shape index (κ3) is 4.92. The maximum atomic E-state index is 12.1. The van der Waals surface area contributed by atoms with Crippen LogP contribution in [0.25, 0.3) is 0 Å². The first kappa shape index (κ1) is 15.4. The number of rotatable bonds is 8. The summed E-state index contributed by atoms with van der Waals surface area (Å²) >= 11 is 5.60. The second kappa shape index (κ2) is 7.71. The van der Waals surface area contributed by atoms with Gasteiger partial charge < -0.3 is 0 Å². The Kier molecular flexibility index (Phi) is 6.60. The average Bonchev–Trinajstić information content (AvgIpc) is 2.38. The summed E-state index contributed by atoms with van der Waals surface area (Å²) in [6.07, 6.45) is 4.55. The second-order valence-electron chi connectivity index (χ2n) is 3.96. The molecule has 0 saturated carbocycles. The van der Waals surface area contributed by atoms with Crippen LogP contribution in [0.3, 0.4) is 0 Å². The Hall–Kier alpha value is -0.650. The highest BCUT2D eigenvalue weighted by Gasteiger charge is 2.19. The standard InChI is InChI=1S/C12H19ClN2O2S/c1-2-15(10-3-7-13)18(16,17)11-6-12-4-8-14-9-5-12/h4-5,8-9H,2-3,6-7,10-11H2,1H3. The van der Waals surface area contributed by atoms with E-state index in [1.165, 1.54) is 4.31 Å². The fourth-order valence-corrected chi connectivity index (χ4v) is 3.33. The third-order valence-electron chi connectivity index (χ3n) is 2.69. The van der Waals surface area contributed by atoms with Gasteiger partial charge in [0.05, 0.1) is 5.75 Å². The van der Waals surface area contributed by atoms with E-state index in [-0.39, 0.29) is 5.75 Å². The predicted molar refractivity (Wildman–Crippen MR) is 74.3 cm³/mol. The highest BCUT2D eigenvalue weighted by atomic mass is 35.5. The Balaban J connectivity index is 2.57. The fourth-order valence-electron chi connectivity index (χ4n) is 1.66. The molecule has 6 heteroatoms. The van der Waals surface area contributed by atoms with Gasteiger partial charge in [0, 0.05) is 31.4 Å². The molecule has 0 atom stereocenters. The lowest BCUT2D eigenvalue weighted by molar-refractivity contribution is 0.428. The van der Waals surface area contributed by atoms with Crippen molar-refractivity contribution in [2.75, 3.05) is 24.7 Å². The number of halogens is 1. The van der Waals surface area contributed by atoms with Crippen molar-refractivity contribution < 1.29 is 8.42 Å². The molecule has 1 aromatic heterocycles. The average molecular weight is 291 g/mol. The largest absolute Gasteiger partial charge is 0.265 e. The highest BCUT2D eigenvalue weighted by molar-refractivity contribution is 7.89. The monoisotopic (exact) mass is 290 g/mol. The summed E-state index contributed by atoms with van der Waals surface area (Å²) < 4.78 is 25.7. The normalized spacial score (nSPS) is 11.9. The maximum absolute atomic E-state index is 12.1. The van der Waals surface area contributed by atoms with Crippen molar-refractivity contribution >= 4 is 21.6 Å². The number of nitrogens with zero attached hydrogens (tertiary/aromatic N) is 2. The zero-order valence-electron chi connectivity index (χ0n) is 10.5. The van der Waals surface area contributed by atoms with E-state index in [0.29, 0.717) is 31.8 Å². The van der Waals surface area contributed by atoms with Crippen LogP contribution < -0.4 is 0 Å². The summed E-state index contributed by atoms with van der Waals surface area (Å²) in [5.74, 6) is 0.615. The van der Waals surface area contributed by atoms with Crippen LogP contribution in [-0.2, 0) is 16.4 Å². The summed E-state index contributed by atoms with van der Waals surface area (Å²) in [4.78, 5) is 3.91. The quantitative estimate of drug-likeness (QED) is 0.687. The van der Waals surface area contributed by atoms with Gasteiger partial charge in [-0.1, -0.05) is 6.92 Å². The molecule has 4 nitrogen and oxygen atoms in total. The number of sulfonamides is 1. The fraction of sp³-hybridized carbons (Fsp3) is 0.583. The van der Waals surface area contributed by atoms with Gasteiger partial charge in [-0.3, -0.25) is 4.98 Å². The second-order valence-corrected chi connectivity index (χ2v) is 6.42. The molecule has 0 fully saturated rings. The number of aryl methyl sites for hydroxylation is 1. The van der Waals surface area contributed by atoms with Gasteiger partial charge in [0.25, 0.3) is 0 Å². The van der Waals surface area contributed by atoms with Crippen molar-refractivity contribution in [3.8, 4) is 0 Å². The Morgan fingerprint density at radius 3 is 2.56 bits per heavy atom. The highest BCUT2D eigenvalue weighted by Crippen LogP contribution is 2.07. The van der Waals surface area contributed by atoms with Gasteiger partial charge in [-0.15, -0.1) is 11.6 Å². The van der Waals surface area contributed by atoms with Gasteiger partial charge >= 0.3 is 0 Å². The maximum Gasteiger partial charge on any atom is 0.214 e. The van der Waals surface area contributed by atoms with Crippen molar-refractivity contribution in [3.63, 3.8) is 0 Å². The molecule has 0 spiro atoms. The summed E-state index contributed by atoms with van der Waals surface area (Å²) in [6, 6.07) is 3.68. The summed E-state index contributed by atoms with van der Waals surface area (Å²) in [6.45, 7) is 2.84. The zero-order chi connectivity index (χ0) is 13.4. The Morgan fingerprint density at radius 2 is 2.00 bits per heavy atom. The molecule has 0 aromatic carbocycles. The van der Waals surface area contributed by atoms with E-state index in [4.69, 9.17) is 11.6 Å².